The summed E-state index contributed by atoms with van der Waals surface area (Å²) in [5.74, 6) is -2.52. The number of benzene rings is 1. The molecular weight excluding hydrogens is 354 g/mol. The number of alkyl carbamates (subject to hydrolysis) is 1. The summed E-state index contributed by atoms with van der Waals surface area (Å²) < 4.78 is 9.83. The van der Waals surface area contributed by atoms with Gasteiger partial charge in [-0.2, -0.15) is 0 Å². The summed E-state index contributed by atoms with van der Waals surface area (Å²) in [6.07, 6.45) is -0.775. The van der Waals surface area contributed by atoms with E-state index in [4.69, 9.17) is 15.2 Å². The molecule has 0 saturated heterocycles. The number of nitrogens with one attached hydrogen (secondary N) is 2. The maximum atomic E-state index is 11.9. The number of nitrogens with two attached hydrogens (primary N) is 1. The molecule has 1 aromatic rings. The van der Waals surface area contributed by atoms with E-state index in [1.165, 1.54) is 0 Å². The molecule has 0 heterocycles. The fraction of sp³-hybridized carbons (Fsp3) is 0.444. The number of ether oxygens (including phenoxy) is 2. The maximum absolute atomic E-state index is 11.9. The lowest BCUT2D eigenvalue weighted by atomic mass is 10.0. The van der Waals surface area contributed by atoms with Gasteiger partial charge in [-0.05, 0) is 18.9 Å². The van der Waals surface area contributed by atoms with Crippen molar-refractivity contribution in [3.8, 4) is 0 Å². The summed E-state index contributed by atoms with van der Waals surface area (Å²) in [7, 11) is 0. The standard InChI is InChI=1S/C18H25N3O6/c1-3-26-17(24)12(2)9-14(16(19)23)21-15(22)10-20-18(25)27-11-13-7-5-4-6-8-13/h4-8,12,14H,3,9-11H2,1-2H3,(H2,19,23)(H,20,25)(H,21,22)/t12-,14-/m0/s1. The third-order valence-electron chi connectivity index (χ3n) is 3.56. The number of hydrogen-bond donors (Lipinski definition) is 3. The van der Waals surface area contributed by atoms with E-state index < -0.39 is 42.4 Å². The van der Waals surface area contributed by atoms with Gasteiger partial charge in [0.05, 0.1) is 12.5 Å². The molecule has 2 atom stereocenters. The van der Waals surface area contributed by atoms with Crippen molar-refractivity contribution in [2.45, 2.75) is 32.9 Å². The van der Waals surface area contributed by atoms with Gasteiger partial charge in [-0.3, -0.25) is 14.4 Å². The van der Waals surface area contributed by atoms with Gasteiger partial charge in [0.15, 0.2) is 0 Å². The highest BCUT2D eigenvalue weighted by atomic mass is 16.5. The minimum Gasteiger partial charge on any atom is -0.466 e. The molecule has 0 spiro atoms. The van der Waals surface area contributed by atoms with Crippen LogP contribution in [0.25, 0.3) is 0 Å². The molecule has 0 aliphatic heterocycles. The van der Waals surface area contributed by atoms with Crippen LogP contribution in [0.3, 0.4) is 0 Å². The monoisotopic (exact) mass is 379 g/mol. The highest BCUT2D eigenvalue weighted by Gasteiger charge is 2.25. The number of esters is 1. The Bertz CT molecular complexity index is 650. The summed E-state index contributed by atoms with van der Waals surface area (Å²) >= 11 is 0. The molecule has 3 amide bonds. The van der Waals surface area contributed by atoms with Gasteiger partial charge in [0, 0.05) is 0 Å². The molecule has 9 heteroatoms. The largest absolute Gasteiger partial charge is 0.466 e. The predicted molar refractivity (Wildman–Crippen MR) is 96.2 cm³/mol. The van der Waals surface area contributed by atoms with Crippen LogP contribution in [0.1, 0.15) is 25.8 Å². The molecule has 4 N–H and O–H groups in total. The number of carbonyl (C=O) groups is 4. The van der Waals surface area contributed by atoms with Gasteiger partial charge in [0.1, 0.15) is 19.2 Å². The smallest absolute Gasteiger partial charge is 0.407 e. The molecule has 148 valence electrons. The lowest BCUT2D eigenvalue weighted by Crippen LogP contribution is -2.49. The Balaban J connectivity index is 2.39. The highest BCUT2D eigenvalue weighted by molar-refractivity contribution is 5.89. The molecule has 0 aliphatic carbocycles. The number of amides is 3. The van der Waals surface area contributed by atoms with Crippen molar-refractivity contribution in [3.63, 3.8) is 0 Å². The Morgan fingerprint density at radius 2 is 1.78 bits per heavy atom. The zero-order valence-electron chi connectivity index (χ0n) is 15.4. The lowest BCUT2D eigenvalue weighted by Gasteiger charge is -2.19. The molecule has 1 aromatic carbocycles. The number of rotatable bonds is 10. The van der Waals surface area contributed by atoms with Gasteiger partial charge >= 0.3 is 12.1 Å². The van der Waals surface area contributed by atoms with Crippen LogP contribution in [0, 0.1) is 5.92 Å². The molecule has 0 bridgehead atoms. The second kappa shape index (κ2) is 11.5. The first kappa shape index (κ1) is 21.9. The van der Waals surface area contributed by atoms with Crippen LogP contribution < -0.4 is 16.4 Å². The molecule has 27 heavy (non-hydrogen) atoms. The number of hydrogen-bond acceptors (Lipinski definition) is 6. The first-order valence-electron chi connectivity index (χ1n) is 8.53. The Morgan fingerprint density at radius 1 is 1.11 bits per heavy atom. The van der Waals surface area contributed by atoms with Gasteiger partial charge in [-0.15, -0.1) is 0 Å². The van der Waals surface area contributed by atoms with Gasteiger partial charge in [0.25, 0.3) is 0 Å². The maximum Gasteiger partial charge on any atom is 0.407 e. The van der Waals surface area contributed by atoms with Crippen LogP contribution in [-0.2, 0) is 30.5 Å². The van der Waals surface area contributed by atoms with Crippen molar-refractivity contribution < 1.29 is 28.7 Å². The van der Waals surface area contributed by atoms with E-state index in [2.05, 4.69) is 10.6 Å². The van der Waals surface area contributed by atoms with Crippen molar-refractivity contribution >= 4 is 23.9 Å². The van der Waals surface area contributed by atoms with Crippen LogP contribution in [-0.4, -0.2) is 43.1 Å². The Kier molecular flexibility index (Phi) is 9.35. The van der Waals surface area contributed by atoms with E-state index in [-0.39, 0.29) is 19.6 Å². The van der Waals surface area contributed by atoms with Crippen molar-refractivity contribution in [3.05, 3.63) is 35.9 Å². The minimum absolute atomic E-state index is 0.00163. The van der Waals surface area contributed by atoms with E-state index >= 15 is 0 Å². The summed E-state index contributed by atoms with van der Waals surface area (Å²) in [4.78, 5) is 46.6. The van der Waals surface area contributed by atoms with E-state index in [0.717, 1.165) is 5.56 Å². The normalized spacial score (nSPS) is 12.4. The van der Waals surface area contributed by atoms with Crippen LogP contribution in [0.5, 0.6) is 0 Å². The van der Waals surface area contributed by atoms with E-state index in [1.807, 2.05) is 18.2 Å². The van der Waals surface area contributed by atoms with Crippen molar-refractivity contribution in [2.75, 3.05) is 13.2 Å². The molecule has 1 rings (SSSR count). The Hall–Kier alpha value is -3.10. The summed E-state index contributed by atoms with van der Waals surface area (Å²) in [5, 5.41) is 4.66. The van der Waals surface area contributed by atoms with Crippen molar-refractivity contribution in [2.24, 2.45) is 11.7 Å². The van der Waals surface area contributed by atoms with E-state index in [1.54, 1.807) is 26.0 Å². The summed E-state index contributed by atoms with van der Waals surface area (Å²) in [6.45, 7) is 3.12. The average molecular weight is 379 g/mol. The second-order valence-electron chi connectivity index (χ2n) is 5.83. The van der Waals surface area contributed by atoms with Gasteiger partial charge in [-0.25, -0.2) is 4.79 Å². The number of primary amides is 1. The molecule has 0 radical (unpaired) electrons. The van der Waals surface area contributed by atoms with Crippen molar-refractivity contribution in [1.82, 2.24) is 10.6 Å². The number of carbonyl (C=O) groups excluding carboxylic acids is 4. The summed E-state index contributed by atoms with van der Waals surface area (Å²) in [5.41, 5.74) is 6.06. The average Bonchev–Trinajstić information content (AvgIpc) is 2.65. The van der Waals surface area contributed by atoms with Gasteiger partial charge < -0.3 is 25.8 Å². The Labute approximate surface area is 157 Å². The molecule has 9 nitrogen and oxygen atoms in total. The Morgan fingerprint density at radius 3 is 2.37 bits per heavy atom. The third-order valence-corrected chi connectivity index (χ3v) is 3.56. The third kappa shape index (κ3) is 8.70. The molecule has 0 unspecified atom stereocenters. The van der Waals surface area contributed by atoms with Crippen molar-refractivity contribution in [1.29, 1.82) is 0 Å². The van der Waals surface area contributed by atoms with Gasteiger partial charge in [-0.1, -0.05) is 37.3 Å². The zero-order valence-corrected chi connectivity index (χ0v) is 15.4. The molecule has 0 saturated carbocycles. The fourth-order valence-electron chi connectivity index (χ4n) is 2.15. The fourth-order valence-corrected chi connectivity index (χ4v) is 2.15. The van der Waals surface area contributed by atoms with Crippen LogP contribution in [0.2, 0.25) is 0 Å². The quantitative estimate of drug-likeness (QED) is 0.506. The van der Waals surface area contributed by atoms with Crippen LogP contribution >= 0.6 is 0 Å². The van der Waals surface area contributed by atoms with Crippen LogP contribution in [0.15, 0.2) is 30.3 Å². The SMILES string of the molecule is CCOC(=O)[C@@H](C)C[C@H](NC(=O)CNC(=O)OCc1ccccc1)C(N)=O. The predicted octanol–water partition coefficient (Wildman–Crippen LogP) is 0.472. The summed E-state index contributed by atoms with van der Waals surface area (Å²) in [6, 6.07) is 7.99. The second-order valence-corrected chi connectivity index (χ2v) is 5.83. The lowest BCUT2D eigenvalue weighted by molar-refractivity contribution is -0.148. The van der Waals surface area contributed by atoms with Crippen LogP contribution in [0.4, 0.5) is 4.79 Å². The molecular formula is C18H25N3O6. The van der Waals surface area contributed by atoms with E-state index in [9.17, 15) is 19.2 Å². The minimum atomic E-state index is -1.06. The molecule has 0 aliphatic rings. The highest BCUT2D eigenvalue weighted by Crippen LogP contribution is 2.08. The molecule has 0 fully saturated rings. The van der Waals surface area contributed by atoms with Gasteiger partial charge in [0.2, 0.25) is 11.8 Å². The first-order valence-corrected chi connectivity index (χ1v) is 8.53. The first-order chi connectivity index (χ1) is 12.8. The van der Waals surface area contributed by atoms with E-state index in [0.29, 0.717) is 0 Å². The molecule has 0 aromatic heterocycles. The topological polar surface area (TPSA) is 137 Å². The zero-order chi connectivity index (χ0) is 20.2.